The normalized spacial score (nSPS) is 14.5. The molecule has 0 N–H and O–H groups in total. The summed E-state index contributed by atoms with van der Waals surface area (Å²) in [5.41, 5.74) is 1.84. The Morgan fingerprint density at radius 1 is 1.11 bits per heavy atom. The van der Waals surface area contributed by atoms with Crippen LogP contribution in [0.3, 0.4) is 0 Å². The van der Waals surface area contributed by atoms with Gasteiger partial charge < -0.3 is 14.2 Å². The van der Waals surface area contributed by atoms with E-state index >= 15 is 0 Å². The van der Waals surface area contributed by atoms with E-state index in [2.05, 4.69) is 15.9 Å². The number of carbonyl (C=O) groups is 1. The molecule has 1 amide bonds. The summed E-state index contributed by atoms with van der Waals surface area (Å²) in [5, 5.41) is 0. The molecule has 0 aromatic heterocycles. The summed E-state index contributed by atoms with van der Waals surface area (Å²) in [5.74, 6) is 1.09. The van der Waals surface area contributed by atoms with Crippen LogP contribution >= 0.6 is 39.9 Å². The highest BCUT2D eigenvalue weighted by Crippen LogP contribution is 2.41. The van der Waals surface area contributed by atoms with Gasteiger partial charge in [0.2, 0.25) is 0 Å². The fraction of sp³-hybridized carbons (Fsp3) is 0.154. The van der Waals surface area contributed by atoms with E-state index in [-0.39, 0.29) is 18.3 Å². The van der Waals surface area contributed by atoms with Gasteiger partial charge in [0, 0.05) is 5.56 Å². The van der Waals surface area contributed by atoms with Crippen LogP contribution in [0.1, 0.15) is 18.1 Å². The van der Waals surface area contributed by atoms with Gasteiger partial charge in [0.1, 0.15) is 18.2 Å². The van der Waals surface area contributed by atoms with Crippen LogP contribution in [0.15, 0.2) is 70.0 Å². The second kappa shape index (κ2) is 11.2. The molecule has 3 aromatic carbocycles. The van der Waals surface area contributed by atoms with Crippen LogP contribution in [0, 0.1) is 5.82 Å². The van der Waals surface area contributed by atoms with Crippen molar-refractivity contribution in [3.8, 4) is 17.2 Å². The van der Waals surface area contributed by atoms with E-state index in [4.69, 9.17) is 26.4 Å². The Hall–Kier alpha value is -2.88. The van der Waals surface area contributed by atoms with Crippen molar-refractivity contribution in [2.24, 2.45) is 0 Å². The number of benzene rings is 3. The Bertz CT molecular complexity index is 1300. The van der Waals surface area contributed by atoms with Crippen LogP contribution < -0.4 is 19.1 Å². The van der Waals surface area contributed by atoms with Crippen molar-refractivity contribution in [2.75, 3.05) is 18.6 Å². The minimum Gasteiger partial charge on any atom is -0.497 e. The predicted molar refractivity (Wildman–Crippen MR) is 145 cm³/mol. The van der Waals surface area contributed by atoms with Gasteiger partial charge in [-0.2, -0.15) is 0 Å². The standard InChI is InChI=1S/C26H21BrFNO4S2/c1-3-32-22-13-16(12-20(27)24(22)33-15-17-6-4-5-7-21(17)28)14-23-25(30)29(26(34)35-23)18-8-10-19(31-2)11-9-18/h4-14H,3,15H2,1-2H3/b23-14+. The molecule has 0 unspecified atom stereocenters. The van der Waals surface area contributed by atoms with Gasteiger partial charge in [0.25, 0.3) is 5.91 Å². The van der Waals surface area contributed by atoms with Gasteiger partial charge in [0.05, 0.1) is 28.8 Å². The Morgan fingerprint density at radius 2 is 1.86 bits per heavy atom. The molecule has 5 nitrogen and oxygen atoms in total. The lowest BCUT2D eigenvalue weighted by Gasteiger charge is -2.15. The molecular formula is C26H21BrFNO4S2. The van der Waals surface area contributed by atoms with Gasteiger partial charge in [-0.25, -0.2) is 4.39 Å². The maximum absolute atomic E-state index is 14.0. The first kappa shape index (κ1) is 25.2. The minimum atomic E-state index is -0.336. The molecule has 0 radical (unpaired) electrons. The van der Waals surface area contributed by atoms with Crippen molar-refractivity contribution in [2.45, 2.75) is 13.5 Å². The average molecular weight is 574 g/mol. The molecule has 180 valence electrons. The van der Waals surface area contributed by atoms with E-state index in [1.165, 1.54) is 22.7 Å². The first-order valence-electron chi connectivity index (χ1n) is 10.7. The van der Waals surface area contributed by atoms with Crippen molar-refractivity contribution in [3.63, 3.8) is 0 Å². The predicted octanol–water partition coefficient (Wildman–Crippen LogP) is 6.98. The molecule has 1 fully saturated rings. The summed E-state index contributed by atoms with van der Waals surface area (Å²) in [6.07, 6.45) is 1.76. The molecule has 35 heavy (non-hydrogen) atoms. The van der Waals surface area contributed by atoms with Crippen molar-refractivity contribution >= 4 is 61.9 Å². The first-order valence-corrected chi connectivity index (χ1v) is 12.7. The summed E-state index contributed by atoms with van der Waals surface area (Å²) < 4.78 is 31.9. The highest BCUT2D eigenvalue weighted by atomic mass is 79.9. The van der Waals surface area contributed by atoms with Crippen LogP contribution in [0.4, 0.5) is 10.1 Å². The summed E-state index contributed by atoms with van der Waals surface area (Å²) in [4.78, 5) is 15.1. The fourth-order valence-corrected chi connectivity index (χ4v) is 5.29. The largest absolute Gasteiger partial charge is 0.497 e. The second-order valence-corrected chi connectivity index (χ2v) is 9.89. The van der Waals surface area contributed by atoms with E-state index in [0.717, 1.165) is 5.56 Å². The third-order valence-corrected chi connectivity index (χ3v) is 6.97. The van der Waals surface area contributed by atoms with E-state index in [1.807, 2.05) is 13.0 Å². The third-order valence-electron chi connectivity index (χ3n) is 5.08. The van der Waals surface area contributed by atoms with Gasteiger partial charge in [0.15, 0.2) is 15.8 Å². The molecule has 0 aliphatic carbocycles. The number of ether oxygens (including phenoxy) is 3. The molecule has 1 heterocycles. The SMILES string of the molecule is CCOc1cc(/C=C2/SC(=S)N(c3ccc(OC)cc3)C2=O)cc(Br)c1OCc1ccccc1F. The van der Waals surface area contributed by atoms with E-state index in [9.17, 15) is 9.18 Å². The molecule has 3 aromatic rings. The molecule has 1 saturated heterocycles. The lowest BCUT2D eigenvalue weighted by Crippen LogP contribution is -2.27. The summed E-state index contributed by atoms with van der Waals surface area (Å²) in [7, 11) is 1.59. The zero-order chi connectivity index (χ0) is 24.9. The first-order chi connectivity index (χ1) is 16.9. The molecule has 0 saturated carbocycles. The monoisotopic (exact) mass is 573 g/mol. The molecule has 0 atom stereocenters. The van der Waals surface area contributed by atoms with Gasteiger partial charge in [-0.15, -0.1) is 0 Å². The summed E-state index contributed by atoms with van der Waals surface area (Å²) in [6, 6.07) is 17.2. The molecule has 1 aliphatic heterocycles. The summed E-state index contributed by atoms with van der Waals surface area (Å²) >= 11 is 10.2. The van der Waals surface area contributed by atoms with Crippen LogP contribution in [0.25, 0.3) is 6.08 Å². The molecule has 1 aliphatic rings. The lowest BCUT2D eigenvalue weighted by molar-refractivity contribution is -0.113. The van der Waals surface area contributed by atoms with Gasteiger partial charge >= 0.3 is 0 Å². The minimum absolute atomic E-state index is 0.0468. The number of thiocarbonyl (C=S) groups is 1. The van der Waals surface area contributed by atoms with Gasteiger partial charge in [-0.1, -0.05) is 42.2 Å². The third kappa shape index (κ3) is 5.69. The number of methoxy groups -OCH3 is 1. The van der Waals surface area contributed by atoms with Crippen LogP contribution in [-0.2, 0) is 11.4 Å². The molecule has 0 spiro atoms. The number of hydrogen-bond donors (Lipinski definition) is 0. The van der Waals surface area contributed by atoms with Gasteiger partial charge in [-0.3, -0.25) is 9.69 Å². The number of nitrogens with zero attached hydrogens (tertiary/aromatic N) is 1. The van der Waals surface area contributed by atoms with Crippen molar-refractivity contribution in [3.05, 3.63) is 87.0 Å². The van der Waals surface area contributed by atoms with E-state index in [0.29, 0.717) is 48.8 Å². The molecular weight excluding hydrogens is 553 g/mol. The highest BCUT2D eigenvalue weighted by molar-refractivity contribution is 9.10. The zero-order valence-electron chi connectivity index (χ0n) is 18.9. The highest BCUT2D eigenvalue weighted by Gasteiger charge is 2.33. The maximum atomic E-state index is 14.0. The molecule has 4 rings (SSSR count). The Morgan fingerprint density at radius 3 is 2.54 bits per heavy atom. The van der Waals surface area contributed by atoms with Crippen molar-refractivity contribution < 1.29 is 23.4 Å². The van der Waals surface area contributed by atoms with Crippen LogP contribution in [0.5, 0.6) is 17.2 Å². The topological polar surface area (TPSA) is 48.0 Å². The Kier molecular flexibility index (Phi) is 8.10. The number of anilines is 1. The zero-order valence-corrected chi connectivity index (χ0v) is 22.1. The van der Waals surface area contributed by atoms with Crippen LogP contribution in [-0.4, -0.2) is 23.9 Å². The van der Waals surface area contributed by atoms with Crippen molar-refractivity contribution in [1.29, 1.82) is 0 Å². The smallest absolute Gasteiger partial charge is 0.270 e. The quantitative estimate of drug-likeness (QED) is 0.214. The Labute approximate surface area is 221 Å². The Balaban J connectivity index is 1.59. The fourth-order valence-electron chi connectivity index (χ4n) is 3.41. The molecule has 9 heteroatoms. The van der Waals surface area contributed by atoms with E-state index in [1.54, 1.807) is 61.7 Å². The van der Waals surface area contributed by atoms with Gasteiger partial charge in [-0.05, 0) is 77.0 Å². The average Bonchev–Trinajstić information content (AvgIpc) is 3.12. The second-order valence-electron chi connectivity index (χ2n) is 7.36. The number of hydrogen-bond acceptors (Lipinski definition) is 6. The number of thioether (sulfide) groups is 1. The van der Waals surface area contributed by atoms with E-state index < -0.39 is 0 Å². The number of carbonyl (C=O) groups excluding carboxylic acids is 1. The van der Waals surface area contributed by atoms with Crippen molar-refractivity contribution in [1.82, 2.24) is 0 Å². The number of halogens is 2. The number of rotatable bonds is 8. The number of amides is 1. The summed E-state index contributed by atoms with van der Waals surface area (Å²) in [6.45, 7) is 2.32. The maximum Gasteiger partial charge on any atom is 0.270 e. The van der Waals surface area contributed by atoms with Crippen LogP contribution in [0.2, 0.25) is 0 Å². The molecule has 0 bridgehead atoms. The lowest BCUT2D eigenvalue weighted by atomic mass is 10.1.